The third-order valence-electron chi connectivity index (χ3n) is 3.81. The largest absolute Gasteiger partial charge is 0.469 e. The summed E-state index contributed by atoms with van der Waals surface area (Å²) in [4.78, 5) is 11.1. The van der Waals surface area contributed by atoms with Gasteiger partial charge in [-0.2, -0.15) is 0 Å². The number of hydrogen-bond acceptors (Lipinski definition) is 3. The van der Waals surface area contributed by atoms with Gasteiger partial charge in [-0.05, 0) is 23.0 Å². The molecule has 0 amide bonds. The van der Waals surface area contributed by atoms with Gasteiger partial charge < -0.3 is 9.16 Å². The van der Waals surface area contributed by atoms with Crippen LogP contribution in [0, 0.1) is 0 Å². The third-order valence-corrected chi connectivity index (χ3v) is 9.93. The van der Waals surface area contributed by atoms with Crippen LogP contribution in [0.2, 0.25) is 16.6 Å². The molecule has 0 heterocycles. The maximum atomic E-state index is 11.1. The lowest BCUT2D eigenvalue weighted by atomic mass is 10.3. The summed E-state index contributed by atoms with van der Waals surface area (Å²) >= 11 is 0. The van der Waals surface area contributed by atoms with Crippen molar-refractivity contribution in [2.75, 3.05) is 13.7 Å². The van der Waals surface area contributed by atoms with Gasteiger partial charge in [0, 0.05) is 13.0 Å². The van der Waals surface area contributed by atoms with Crippen LogP contribution in [-0.4, -0.2) is 28.0 Å². The number of hydrogen-bond donors (Lipinski definition) is 0. The van der Waals surface area contributed by atoms with E-state index >= 15 is 0 Å². The second-order valence-electron chi connectivity index (χ2n) is 5.85. The highest BCUT2D eigenvalue weighted by Gasteiger charge is 2.44. The highest BCUT2D eigenvalue weighted by molar-refractivity contribution is 6.77. The lowest BCUT2D eigenvalue weighted by molar-refractivity contribution is -0.140. The van der Waals surface area contributed by atoms with Crippen molar-refractivity contribution >= 4 is 14.3 Å². The summed E-state index contributed by atoms with van der Waals surface area (Å²) in [5, 5.41) is 0. The zero-order valence-electron chi connectivity index (χ0n) is 13.1. The zero-order chi connectivity index (χ0) is 14.3. The smallest absolute Gasteiger partial charge is 0.305 e. The maximum Gasteiger partial charge on any atom is 0.305 e. The summed E-state index contributed by atoms with van der Waals surface area (Å²) in [6.07, 6.45) is 1.21. The molecule has 0 atom stereocenters. The highest BCUT2D eigenvalue weighted by atomic mass is 28.4. The number of ether oxygens (including phenoxy) is 1. The molecule has 0 spiro atoms. The van der Waals surface area contributed by atoms with Gasteiger partial charge >= 0.3 is 5.97 Å². The Balaban J connectivity index is 4.48. The summed E-state index contributed by atoms with van der Waals surface area (Å²) in [5.41, 5.74) is 1.78. The minimum absolute atomic E-state index is 0.149. The molecular weight excluding hydrogens is 244 g/mol. The Kier molecular flexibility index (Phi) is 7.79. The van der Waals surface area contributed by atoms with E-state index < -0.39 is 8.32 Å². The summed E-state index contributed by atoms with van der Waals surface area (Å²) < 4.78 is 11.0. The van der Waals surface area contributed by atoms with Crippen molar-refractivity contribution < 1.29 is 14.0 Å². The fourth-order valence-electron chi connectivity index (χ4n) is 3.07. The van der Waals surface area contributed by atoms with E-state index in [0.29, 0.717) is 29.7 Å². The average Bonchev–Trinajstić information content (AvgIpc) is 2.27. The van der Waals surface area contributed by atoms with E-state index in [2.05, 4.69) is 46.3 Å². The van der Waals surface area contributed by atoms with Crippen molar-refractivity contribution in [3.05, 3.63) is 0 Å². The van der Waals surface area contributed by atoms with Gasteiger partial charge in [0.25, 0.3) is 0 Å². The van der Waals surface area contributed by atoms with Crippen LogP contribution in [0.3, 0.4) is 0 Å². The molecule has 0 aromatic rings. The van der Waals surface area contributed by atoms with Crippen LogP contribution in [0.25, 0.3) is 0 Å². The first-order chi connectivity index (χ1) is 8.28. The van der Waals surface area contributed by atoms with Gasteiger partial charge in [-0.3, -0.25) is 4.79 Å². The molecule has 0 N–H and O–H groups in total. The minimum atomic E-state index is -1.76. The van der Waals surface area contributed by atoms with E-state index in [-0.39, 0.29) is 5.97 Å². The zero-order valence-corrected chi connectivity index (χ0v) is 14.1. The van der Waals surface area contributed by atoms with Gasteiger partial charge in [0.2, 0.25) is 0 Å². The molecular formula is C14H30O3Si. The molecule has 108 valence electrons. The average molecular weight is 274 g/mol. The number of rotatable bonds is 8. The summed E-state index contributed by atoms with van der Waals surface area (Å²) in [7, 11) is -0.333. The molecule has 0 aromatic heterocycles. The predicted molar refractivity (Wildman–Crippen MR) is 78.3 cm³/mol. The number of carbonyl (C=O) groups excluding carboxylic acids is 1. The van der Waals surface area contributed by atoms with Crippen molar-refractivity contribution in [2.24, 2.45) is 0 Å². The van der Waals surface area contributed by atoms with E-state index in [1.54, 1.807) is 0 Å². The topological polar surface area (TPSA) is 35.5 Å². The molecule has 0 fully saturated rings. The molecule has 0 rings (SSSR count). The molecule has 4 heteroatoms. The van der Waals surface area contributed by atoms with Crippen molar-refractivity contribution in [1.29, 1.82) is 0 Å². The number of esters is 1. The third kappa shape index (κ3) is 4.39. The molecule has 0 aromatic carbocycles. The summed E-state index contributed by atoms with van der Waals surface area (Å²) in [5.74, 6) is -0.149. The molecule has 18 heavy (non-hydrogen) atoms. The first-order valence-corrected chi connectivity index (χ1v) is 9.13. The van der Waals surface area contributed by atoms with E-state index in [0.717, 1.165) is 6.42 Å². The Morgan fingerprint density at radius 3 is 1.78 bits per heavy atom. The molecule has 0 saturated carbocycles. The fourth-order valence-corrected chi connectivity index (χ4v) is 8.57. The molecule has 0 saturated heterocycles. The van der Waals surface area contributed by atoms with Crippen LogP contribution in [0.1, 0.15) is 54.4 Å². The minimum Gasteiger partial charge on any atom is -0.469 e. The monoisotopic (exact) mass is 274 g/mol. The van der Waals surface area contributed by atoms with Crippen molar-refractivity contribution in [3.8, 4) is 0 Å². The van der Waals surface area contributed by atoms with Gasteiger partial charge in [-0.25, -0.2) is 0 Å². The van der Waals surface area contributed by atoms with Gasteiger partial charge in [0.1, 0.15) is 0 Å². The normalized spacial score (nSPS) is 12.6. The van der Waals surface area contributed by atoms with Gasteiger partial charge in [0.05, 0.1) is 7.11 Å². The lowest BCUT2D eigenvalue weighted by Gasteiger charge is -2.42. The van der Waals surface area contributed by atoms with Crippen LogP contribution < -0.4 is 0 Å². The fraction of sp³-hybridized carbons (Fsp3) is 0.929. The van der Waals surface area contributed by atoms with E-state index in [1.807, 2.05) is 0 Å². The Bertz CT molecular complexity index is 228. The molecule has 0 aliphatic carbocycles. The van der Waals surface area contributed by atoms with E-state index in [1.165, 1.54) is 7.11 Å². The SMILES string of the molecule is COC(=O)CCCO[Si](C(C)C)(C(C)C)C(C)C. The van der Waals surface area contributed by atoms with Gasteiger partial charge in [0.15, 0.2) is 8.32 Å². The quantitative estimate of drug-likeness (QED) is 0.379. The first kappa shape index (κ1) is 17.6. The second-order valence-corrected chi connectivity index (χ2v) is 11.3. The summed E-state index contributed by atoms with van der Waals surface area (Å²) in [6.45, 7) is 14.3. The van der Waals surface area contributed by atoms with E-state index in [4.69, 9.17) is 4.43 Å². The molecule has 0 aliphatic rings. The molecule has 3 nitrogen and oxygen atoms in total. The van der Waals surface area contributed by atoms with Crippen LogP contribution in [-0.2, 0) is 14.0 Å². The van der Waals surface area contributed by atoms with Crippen molar-refractivity contribution in [1.82, 2.24) is 0 Å². The molecule has 0 unspecified atom stereocenters. The Morgan fingerprint density at radius 1 is 1.00 bits per heavy atom. The maximum absolute atomic E-state index is 11.1. The number of methoxy groups -OCH3 is 1. The van der Waals surface area contributed by atoms with Crippen LogP contribution in [0.4, 0.5) is 0 Å². The molecule has 0 radical (unpaired) electrons. The first-order valence-electron chi connectivity index (χ1n) is 6.99. The highest BCUT2D eigenvalue weighted by Crippen LogP contribution is 2.42. The molecule has 0 aliphatic heterocycles. The Morgan fingerprint density at radius 2 is 1.44 bits per heavy atom. The second kappa shape index (κ2) is 7.95. The standard InChI is InChI=1S/C14H30O3Si/c1-11(2)18(12(3)4,13(5)6)17-10-8-9-14(15)16-7/h11-13H,8-10H2,1-7H3. The summed E-state index contributed by atoms with van der Waals surface area (Å²) in [6, 6.07) is 0. The Hall–Kier alpha value is -0.353. The lowest BCUT2D eigenvalue weighted by Crippen LogP contribution is -2.48. The molecule has 0 bridgehead atoms. The van der Waals surface area contributed by atoms with Crippen molar-refractivity contribution in [2.45, 2.75) is 71.0 Å². The van der Waals surface area contributed by atoms with Gasteiger partial charge in [-0.15, -0.1) is 0 Å². The van der Waals surface area contributed by atoms with Gasteiger partial charge in [-0.1, -0.05) is 41.5 Å². The number of carbonyl (C=O) groups is 1. The van der Waals surface area contributed by atoms with Crippen LogP contribution in [0.15, 0.2) is 0 Å². The van der Waals surface area contributed by atoms with E-state index in [9.17, 15) is 4.79 Å². The predicted octanol–water partition coefficient (Wildman–Crippen LogP) is 4.13. The Labute approximate surface area is 113 Å². The van der Waals surface area contributed by atoms with Crippen LogP contribution in [0.5, 0.6) is 0 Å². The van der Waals surface area contributed by atoms with Crippen molar-refractivity contribution in [3.63, 3.8) is 0 Å². The van der Waals surface area contributed by atoms with Crippen LogP contribution >= 0.6 is 0 Å².